The van der Waals surface area contributed by atoms with Crippen LogP contribution in [0.3, 0.4) is 0 Å². The van der Waals surface area contributed by atoms with Crippen LogP contribution in [0.1, 0.15) is 66.0 Å². The summed E-state index contributed by atoms with van der Waals surface area (Å²) in [5, 5.41) is 30.5. The van der Waals surface area contributed by atoms with Gasteiger partial charge in [-0.1, -0.05) is 62.6 Å². The summed E-state index contributed by atoms with van der Waals surface area (Å²) >= 11 is 0. The average molecular weight is 405 g/mol. The highest BCUT2D eigenvalue weighted by molar-refractivity contribution is 5.56. The highest BCUT2D eigenvalue weighted by Gasteiger charge is 2.36. The third kappa shape index (κ3) is 4.02. The highest BCUT2D eigenvalue weighted by Crippen LogP contribution is 2.46. The molecule has 0 radical (unpaired) electrons. The van der Waals surface area contributed by atoms with Crippen LogP contribution in [-0.2, 0) is 5.41 Å². The molecule has 0 saturated carbocycles. The summed E-state index contributed by atoms with van der Waals surface area (Å²) in [4.78, 5) is 0. The molecule has 0 heterocycles. The fourth-order valence-electron chi connectivity index (χ4n) is 4.34. The number of unbranched alkanes of at least 4 members (excludes halogenated alkanes) is 2. The third-order valence-electron chi connectivity index (χ3n) is 6.22. The predicted molar refractivity (Wildman–Crippen MR) is 123 cm³/mol. The van der Waals surface area contributed by atoms with Crippen LogP contribution in [0.2, 0.25) is 0 Å². The van der Waals surface area contributed by atoms with E-state index < -0.39 is 5.41 Å². The van der Waals surface area contributed by atoms with E-state index in [0.717, 1.165) is 59.1 Å². The molecule has 3 aromatic rings. The Balaban J connectivity index is 2.35. The van der Waals surface area contributed by atoms with Crippen molar-refractivity contribution in [2.75, 3.05) is 0 Å². The van der Waals surface area contributed by atoms with E-state index in [1.165, 1.54) is 0 Å². The summed E-state index contributed by atoms with van der Waals surface area (Å²) < 4.78 is 0. The number of rotatable bonds is 7. The average Bonchev–Trinajstić information content (AvgIpc) is 2.72. The van der Waals surface area contributed by atoms with E-state index in [-0.39, 0.29) is 17.2 Å². The Morgan fingerprint density at radius 2 is 0.967 bits per heavy atom. The lowest BCUT2D eigenvalue weighted by atomic mass is 9.65. The molecule has 3 heteroatoms. The molecule has 0 saturated heterocycles. The zero-order valence-corrected chi connectivity index (χ0v) is 18.4. The number of benzene rings is 3. The maximum atomic E-state index is 10.2. The number of phenolic OH excluding ortho intramolecular Hbond substituents is 3. The van der Waals surface area contributed by atoms with Gasteiger partial charge in [0.05, 0.1) is 0 Å². The zero-order valence-electron chi connectivity index (χ0n) is 18.4. The summed E-state index contributed by atoms with van der Waals surface area (Å²) in [6, 6.07) is 17.5. The summed E-state index contributed by atoms with van der Waals surface area (Å²) in [6.45, 7) is 7.95. The quantitative estimate of drug-likeness (QED) is 0.305. The van der Waals surface area contributed by atoms with Crippen LogP contribution in [0, 0.1) is 20.8 Å². The minimum Gasteiger partial charge on any atom is -0.508 e. The van der Waals surface area contributed by atoms with Gasteiger partial charge in [0.1, 0.15) is 17.2 Å². The van der Waals surface area contributed by atoms with E-state index in [9.17, 15) is 15.3 Å². The Hall–Kier alpha value is -2.94. The SMILES string of the molecule is CCCCCC(c1ccc(O)c(C)c1)(c1ccc(O)c(C)c1)c1ccc(O)c(C)c1. The first-order valence-corrected chi connectivity index (χ1v) is 10.7. The van der Waals surface area contributed by atoms with Crippen LogP contribution < -0.4 is 0 Å². The molecule has 0 aliphatic heterocycles. The lowest BCUT2D eigenvalue weighted by molar-refractivity contribution is 0.464. The van der Waals surface area contributed by atoms with Crippen molar-refractivity contribution in [2.24, 2.45) is 0 Å². The second-order valence-corrected chi connectivity index (χ2v) is 8.37. The third-order valence-corrected chi connectivity index (χ3v) is 6.22. The van der Waals surface area contributed by atoms with E-state index >= 15 is 0 Å². The molecule has 3 nitrogen and oxygen atoms in total. The second kappa shape index (κ2) is 8.83. The maximum absolute atomic E-state index is 10.2. The van der Waals surface area contributed by atoms with Gasteiger partial charge >= 0.3 is 0 Å². The first kappa shape index (κ1) is 21.8. The molecule has 0 fully saturated rings. The van der Waals surface area contributed by atoms with E-state index in [0.29, 0.717) is 0 Å². The molecule has 30 heavy (non-hydrogen) atoms. The van der Waals surface area contributed by atoms with Crippen LogP contribution in [0.5, 0.6) is 17.2 Å². The van der Waals surface area contributed by atoms with Crippen molar-refractivity contribution in [1.29, 1.82) is 0 Å². The van der Waals surface area contributed by atoms with Gasteiger partial charge in [-0.3, -0.25) is 0 Å². The lowest BCUT2D eigenvalue weighted by Crippen LogP contribution is -2.30. The molecule has 0 spiro atoms. The normalized spacial score (nSPS) is 11.6. The summed E-state index contributed by atoms with van der Waals surface area (Å²) in [5.41, 5.74) is 5.34. The largest absolute Gasteiger partial charge is 0.508 e. The minimum absolute atomic E-state index is 0.282. The van der Waals surface area contributed by atoms with Crippen LogP contribution in [0.15, 0.2) is 54.6 Å². The van der Waals surface area contributed by atoms with Gasteiger partial charge in [-0.15, -0.1) is 0 Å². The Kier molecular flexibility index (Phi) is 6.40. The van der Waals surface area contributed by atoms with Gasteiger partial charge in [-0.2, -0.15) is 0 Å². The Labute approximate surface area is 179 Å². The number of hydrogen-bond acceptors (Lipinski definition) is 3. The van der Waals surface area contributed by atoms with Crippen molar-refractivity contribution in [3.63, 3.8) is 0 Å². The van der Waals surface area contributed by atoms with Gasteiger partial charge in [0.2, 0.25) is 0 Å². The van der Waals surface area contributed by atoms with Gasteiger partial charge < -0.3 is 15.3 Å². The molecule has 0 unspecified atom stereocenters. The monoisotopic (exact) mass is 404 g/mol. The van der Waals surface area contributed by atoms with Gasteiger partial charge in [0.25, 0.3) is 0 Å². The van der Waals surface area contributed by atoms with Crippen LogP contribution in [0.4, 0.5) is 0 Å². The Morgan fingerprint density at radius 1 is 0.600 bits per heavy atom. The fraction of sp³-hybridized carbons (Fsp3) is 0.333. The molecule has 3 N–H and O–H groups in total. The second-order valence-electron chi connectivity index (χ2n) is 8.37. The molecule has 0 aliphatic carbocycles. The first-order chi connectivity index (χ1) is 14.3. The minimum atomic E-state index is -0.454. The maximum Gasteiger partial charge on any atom is 0.118 e. The van der Waals surface area contributed by atoms with Gasteiger partial charge in [-0.05, 0) is 78.8 Å². The van der Waals surface area contributed by atoms with Crippen LogP contribution in [0.25, 0.3) is 0 Å². The molecule has 0 amide bonds. The molecule has 3 aromatic carbocycles. The Morgan fingerprint density at radius 3 is 1.27 bits per heavy atom. The molecular formula is C27H32O3. The van der Waals surface area contributed by atoms with Crippen LogP contribution >= 0.6 is 0 Å². The van der Waals surface area contributed by atoms with Gasteiger partial charge in [0.15, 0.2) is 0 Å². The number of aryl methyl sites for hydroxylation is 3. The van der Waals surface area contributed by atoms with Crippen LogP contribution in [-0.4, -0.2) is 15.3 Å². The standard InChI is InChI=1S/C27H32O3/c1-5-6-7-14-27(21-8-11-24(28)18(2)15-21,22-9-12-25(29)19(3)16-22)23-10-13-26(30)20(4)17-23/h8-13,15-17,28-30H,5-7,14H2,1-4H3. The molecule has 0 atom stereocenters. The van der Waals surface area contributed by atoms with E-state index in [2.05, 4.69) is 25.1 Å². The predicted octanol–water partition coefficient (Wildman–Crippen LogP) is 6.64. The van der Waals surface area contributed by atoms with E-state index in [1.807, 2.05) is 39.0 Å². The van der Waals surface area contributed by atoms with Crippen molar-refractivity contribution < 1.29 is 15.3 Å². The first-order valence-electron chi connectivity index (χ1n) is 10.7. The van der Waals surface area contributed by atoms with Crippen molar-refractivity contribution in [3.8, 4) is 17.2 Å². The van der Waals surface area contributed by atoms with Crippen molar-refractivity contribution in [2.45, 2.75) is 58.8 Å². The fourth-order valence-corrected chi connectivity index (χ4v) is 4.34. The topological polar surface area (TPSA) is 60.7 Å². The molecule has 0 bridgehead atoms. The van der Waals surface area contributed by atoms with E-state index in [4.69, 9.17) is 0 Å². The highest BCUT2D eigenvalue weighted by atomic mass is 16.3. The molecule has 0 aromatic heterocycles. The summed E-state index contributed by atoms with van der Waals surface area (Å²) in [5.74, 6) is 0.847. The molecule has 3 rings (SSSR count). The number of phenols is 3. The smallest absolute Gasteiger partial charge is 0.118 e. The summed E-state index contributed by atoms with van der Waals surface area (Å²) in [6.07, 6.45) is 4.16. The van der Waals surface area contributed by atoms with E-state index in [1.54, 1.807) is 18.2 Å². The molecule has 158 valence electrons. The lowest BCUT2D eigenvalue weighted by Gasteiger charge is -2.37. The van der Waals surface area contributed by atoms with Gasteiger partial charge in [0, 0.05) is 5.41 Å². The van der Waals surface area contributed by atoms with Gasteiger partial charge in [-0.25, -0.2) is 0 Å². The zero-order chi connectivity index (χ0) is 21.9. The number of aromatic hydroxyl groups is 3. The van der Waals surface area contributed by atoms with Crippen molar-refractivity contribution in [3.05, 3.63) is 88.0 Å². The van der Waals surface area contributed by atoms with Crippen molar-refractivity contribution in [1.82, 2.24) is 0 Å². The Bertz CT molecular complexity index is 911. The van der Waals surface area contributed by atoms with Crippen molar-refractivity contribution >= 4 is 0 Å². The number of hydrogen-bond donors (Lipinski definition) is 3. The molecular weight excluding hydrogens is 372 g/mol. The summed E-state index contributed by atoms with van der Waals surface area (Å²) in [7, 11) is 0. The molecule has 0 aliphatic rings.